The molecule has 1 amide bonds. The van der Waals surface area contributed by atoms with E-state index in [1.54, 1.807) is 6.92 Å². The van der Waals surface area contributed by atoms with Gasteiger partial charge in [-0.3, -0.25) is 19.7 Å². The third-order valence-corrected chi connectivity index (χ3v) is 3.12. The van der Waals surface area contributed by atoms with Gasteiger partial charge in [0, 0.05) is 30.3 Å². The van der Waals surface area contributed by atoms with Crippen molar-refractivity contribution >= 4 is 17.6 Å². The van der Waals surface area contributed by atoms with Gasteiger partial charge in [0.2, 0.25) is 0 Å². The van der Waals surface area contributed by atoms with Gasteiger partial charge in [-0.25, -0.2) is 0 Å². The normalized spacial score (nSPS) is 10.5. The fraction of sp³-hybridized carbons (Fsp3) is 0.467. The van der Waals surface area contributed by atoms with Crippen molar-refractivity contribution in [2.75, 3.05) is 13.1 Å². The maximum Gasteiger partial charge on any atom is 0.305 e. The number of carboxylic acid groups (broad SMARTS) is 1. The molecule has 0 saturated heterocycles. The summed E-state index contributed by atoms with van der Waals surface area (Å²) in [6.07, 6.45) is -0.160. The molecule has 0 radical (unpaired) electrons. The number of hydrogen-bond acceptors (Lipinski definition) is 4. The second kappa shape index (κ2) is 7.53. The Labute approximate surface area is 128 Å². The number of amides is 1. The Hall–Kier alpha value is -2.44. The summed E-state index contributed by atoms with van der Waals surface area (Å²) in [4.78, 5) is 35.1. The predicted molar refractivity (Wildman–Crippen MR) is 80.8 cm³/mol. The van der Waals surface area contributed by atoms with Crippen molar-refractivity contribution < 1.29 is 19.6 Å². The largest absolute Gasteiger partial charge is 0.481 e. The van der Waals surface area contributed by atoms with Gasteiger partial charge in [0.25, 0.3) is 11.6 Å². The maximum absolute atomic E-state index is 12.5. The summed E-state index contributed by atoms with van der Waals surface area (Å²) in [5.74, 6) is -1.22. The highest BCUT2D eigenvalue weighted by molar-refractivity contribution is 5.95. The number of benzene rings is 1. The number of nitro groups is 1. The molecular formula is C15H20N2O5. The third-order valence-electron chi connectivity index (χ3n) is 3.12. The number of carbonyl (C=O) groups excluding carboxylic acids is 1. The summed E-state index contributed by atoms with van der Waals surface area (Å²) in [7, 11) is 0. The summed E-state index contributed by atoms with van der Waals surface area (Å²) in [6.45, 7) is 5.90. The van der Waals surface area contributed by atoms with Crippen molar-refractivity contribution in [2.45, 2.75) is 27.2 Å². The fourth-order valence-corrected chi connectivity index (χ4v) is 2.07. The smallest absolute Gasteiger partial charge is 0.305 e. The van der Waals surface area contributed by atoms with Crippen molar-refractivity contribution in [1.82, 2.24) is 4.90 Å². The molecule has 7 nitrogen and oxygen atoms in total. The van der Waals surface area contributed by atoms with Crippen LogP contribution in [0.5, 0.6) is 0 Å². The molecule has 0 atom stereocenters. The molecule has 0 heterocycles. The van der Waals surface area contributed by atoms with Crippen LogP contribution in [0.1, 0.15) is 36.2 Å². The predicted octanol–water partition coefficient (Wildman–Crippen LogP) is 2.48. The average Bonchev–Trinajstić information content (AvgIpc) is 2.42. The van der Waals surface area contributed by atoms with E-state index in [9.17, 15) is 19.7 Å². The first-order chi connectivity index (χ1) is 10.2. The second-order valence-electron chi connectivity index (χ2n) is 5.55. The van der Waals surface area contributed by atoms with Crippen molar-refractivity contribution in [1.29, 1.82) is 0 Å². The first kappa shape index (κ1) is 17.6. The number of nitro benzene ring substituents is 1. The molecule has 0 saturated carbocycles. The summed E-state index contributed by atoms with van der Waals surface area (Å²) >= 11 is 0. The van der Waals surface area contributed by atoms with Crippen LogP contribution in [-0.2, 0) is 4.79 Å². The maximum atomic E-state index is 12.5. The van der Waals surface area contributed by atoms with E-state index in [1.807, 2.05) is 13.8 Å². The number of rotatable bonds is 7. The topological polar surface area (TPSA) is 101 Å². The molecule has 1 rings (SSSR count). The lowest BCUT2D eigenvalue weighted by Crippen LogP contribution is -2.36. The van der Waals surface area contributed by atoms with Crippen LogP contribution in [0, 0.1) is 23.0 Å². The van der Waals surface area contributed by atoms with Crippen LogP contribution < -0.4 is 0 Å². The lowest BCUT2D eigenvalue weighted by atomic mass is 10.1. The van der Waals surface area contributed by atoms with E-state index < -0.39 is 16.8 Å². The lowest BCUT2D eigenvalue weighted by molar-refractivity contribution is -0.385. The molecule has 0 aliphatic heterocycles. The highest BCUT2D eigenvalue weighted by Gasteiger charge is 2.21. The van der Waals surface area contributed by atoms with Crippen molar-refractivity contribution in [2.24, 2.45) is 5.92 Å². The van der Waals surface area contributed by atoms with E-state index in [4.69, 9.17) is 5.11 Å². The summed E-state index contributed by atoms with van der Waals surface area (Å²) < 4.78 is 0. The van der Waals surface area contributed by atoms with Gasteiger partial charge >= 0.3 is 5.97 Å². The van der Waals surface area contributed by atoms with Gasteiger partial charge in [0.15, 0.2) is 0 Å². The molecule has 0 aromatic heterocycles. The minimum atomic E-state index is -0.989. The molecule has 0 aliphatic carbocycles. The second-order valence-corrected chi connectivity index (χ2v) is 5.55. The molecule has 0 aliphatic rings. The van der Waals surface area contributed by atoms with Crippen LogP contribution in [-0.4, -0.2) is 39.9 Å². The minimum Gasteiger partial charge on any atom is -0.481 e. The zero-order valence-electron chi connectivity index (χ0n) is 12.9. The van der Waals surface area contributed by atoms with Crippen LogP contribution in [0.15, 0.2) is 18.2 Å². The van der Waals surface area contributed by atoms with Crippen LogP contribution in [0.3, 0.4) is 0 Å². The molecule has 0 bridgehead atoms. The first-order valence-corrected chi connectivity index (χ1v) is 6.98. The summed E-state index contributed by atoms with van der Waals surface area (Å²) in [6, 6.07) is 4.29. The molecule has 1 aromatic carbocycles. The van der Waals surface area contributed by atoms with E-state index in [0.29, 0.717) is 12.1 Å². The Morgan fingerprint density at radius 1 is 1.36 bits per heavy atom. The quantitative estimate of drug-likeness (QED) is 0.616. The van der Waals surface area contributed by atoms with Crippen LogP contribution in [0.4, 0.5) is 5.69 Å². The SMILES string of the molecule is Cc1ccc(C(=O)N(CCC(=O)O)CC(C)C)cc1[N+](=O)[O-]. The van der Waals surface area contributed by atoms with E-state index in [-0.39, 0.29) is 30.1 Å². The molecule has 1 N–H and O–H groups in total. The Balaban J connectivity index is 3.04. The average molecular weight is 308 g/mol. The molecule has 120 valence electrons. The minimum absolute atomic E-state index is 0.0774. The van der Waals surface area contributed by atoms with Crippen molar-refractivity contribution in [3.63, 3.8) is 0 Å². The Kier molecular flexibility index (Phi) is 6.03. The molecule has 0 unspecified atom stereocenters. The molecule has 0 spiro atoms. The fourth-order valence-electron chi connectivity index (χ4n) is 2.07. The Morgan fingerprint density at radius 3 is 2.50 bits per heavy atom. The number of nitrogens with zero attached hydrogens (tertiary/aromatic N) is 2. The molecular weight excluding hydrogens is 288 g/mol. The summed E-state index contributed by atoms with van der Waals surface area (Å²) in [5.41, 5.74) is 0.555. The molecule has 22 heavy (non-hydrogen) atoms. The van der Waals surface area contributed by atoms with Crippen molar-refractivity contribution in [3.05, 3.63) is 39.4 Å². The monoisotopic (exact) mass is 308 g/mol. The standard InChI is InChI=1S/C15H20N2O5/c1-10(2)9-16(7-6-14(18)19)15(20)12-5-4-11(3)13(8-12)17(21)22/h4-5,8,10H,6-7,9H2,1-3H3,(H,18,19). The third kappa shape index (κ3) is 4.83. The van der Waals surface area contributed by atoms with E-state index in [1.165, 1.54) is 23.1 Å². The number of carbonyl (C=O) groups is 2. The zero-order valence-corrected chi connectivity index (χ0v) is 12.9. The molecule has 0 fully saturated rings. The summed E-state index contributed by atoms with van der Waals surface area (Å²) in [5, 5.41) is 19.7. The van der Waals surface area contributed by atoms with Crippen LogP contribution in [0.25, 0.3) is 0 Å². The highest BCUT2D eigenvalue weighted by atomic mass is 16.6. The van der Waals surface area contributed by atoms with Crippen LogP contribution >= 0.6 is 0 Å². The number of aliphatic carboxylic acids is 1. The number of aryl methyl sites for hydroxylation is 1. The van der Waals surface area contributed by atoms with Gasteiger partial charge in [0.1, 0.15) is 0 Å². The van der Waals surface area contributed by atoms with Gasteiger partial charge in [-0.2, -0.15) is 0 Å². The molecule has 7 heteroatoms. The van der Waals surface area contributed by atoms with Gasteiger partial charge in [-0.05, 0) is 18.9 Å². The van der Waals surface area contributed by atoms with Crippen molar-refractivity contribution in [3.8, 4) is 0 Å². The Morgan fingerprint density at radius 2 is 2.00 bits per heavy atom. The number of hydrogen-bond donors (Lipinski definition) is 1. The Bertz CT molecular complexity index is 583. The zero-order chi connectivity index (χ0) is 16.9. The lowest BCUT2D eigenvalue weighted by Gasteiger charge is -2.24. The van der Waals surface area contributed by atoms with E-state index >= 15 is 0 Å². The molecule has 1 aromatic rings. The van der Waals surface area contributed by atoms with E-state index in [0.717, 1.165) is 0 Å². The van der Waals surface area contributed by atoms with Gasteiger partial charge in [0.05, 0.1) is 11.3 Å². The van der Waals surface area contributed by atoms with E-state index in [2.05, 4.69) is 0 Å². The van der Waals surface area contributed by atoms with Crippen LogP contribution in [0.2, 0.25) is 0 Å². The van der Waals surface area contributed by atoms with Gasteiger partial charge in [-0.15, -0.1) is 0 Å². The number of carboxylic acids is 1. The highest BCUT2D eigenvalue weighted by Crippen LogP contribution is 2.20. The van der Waals surface area contributed by atoms with Gasteiger partial charge in [-0.1, -0.05) is 19.9 Å². The first-order valence-electron chi connectivity index (χ1n) is 6.98. The van der Waals surface area contributed by atoms with Gasteiger partial charge < -0.3 is 10.0 Å².